The lowest BCUT2D eigenvalue weighted by Crippen LogP contribution is -2.38. The molecule has 0 saturated heterocycles. The molecule has 1 rings (SSSR count). The highest BCUT2D eigenvalue weighted by Crippen LogP contribution is 2.17. The molecule has 1 heterocycles. The van der Waals surface area contributed by atoms with E-state index in [1.165, 1.54) is 4.88 Å². The third-order valence-corrected chi connectivity index (χ3v) is 3.80. The molecule has 0 atom stereocenters. The second-order valence-electron chi connectivity index (χ2n) is 5.05. The smallest absolute Gasteiger partial charge is 0.191 e. The van der Waals surface area contributed by atoms with Gasteiger partial charge in [-0.05, 0) is 33.1 Å². The summed E-state index contributed by atoms with van der Waals surface area (Å²) in [7, 11) is 0. The van der Waals surface area contributed by atoms with E-state index in [0.29, 0.717) is 12.5 Å². The molecular weight excluding hydrogens is 256 g/mol. The van der Waals surface area contributed by atoms with Crippen LogP contribution in [0.2, 0.25) is 0 Å². The zero-order chi connectivity index (χ0) is 14.3. The van der Waals surface area contributed by atoms with E-state index in [1.54, 1.807) is 11.3 Å². The minimum atomic E-state index is 0.703. The highest BCUT2D eigenvalue weighted by atomic mass is 32.1. The highest BCUT2D eigenvalue weighted by molar-refractivity contribution is 7.11. The maximum absolute atomic E-state index is 4.62. The van der Waals surface area contributed by atoms with Crippen molar-refractivity contribution in [1.29, 1.82) is 0 Å². The molecule has 1 aromatic rings. The number of hydrogen-bond acceptors (Lipinski definition) is 3. The largest absolute Gasteiger partial charge is 0.357 e. The summed E-state index contributed by atoms with van der Waals surface area (Å²) in [5.74, 6) is 1.61. The summed E-state index contributed by atoms with van der Waals surface area (Å²) in [5.41, 5.74) is 1.10. The fourth-order valence-corrected chi connectivity index (χ4v) is 2.55. The normalized spacial score (nSPS) is 12.0. The predicted molar refractivity (Wildman–Crippen MR) is 83.9 cm³/mol. The first kappa shape index (κ1) is 16.0. The van der Waals surface area contributed by atoms with E-state index in [-0.39, 0.29) is 0 Å². The van der Waals surface area contributed by atoms with Crippen LogP contribution < -0.4 is 10.6 Å². The summed E-state index contributed by atoms with van der Waals surface area (Å²) in [4.78, 5) is 10.3. The van der Waals surface area contributed by atoms with Crippen molar-refractivity contribution in [3.05, 3.63) is 15.6 Å². The summed E-state index contributed by atoms with van der Waals surface area (Å²) in [6.45, 7) is 13.2. The predicted octanol–water partition coefficient (Wildman–Crippen LogP) is 2.86. The van der Waals surface area contributed by atoms with Gasteiger partial charge in [0.05, 0.1) is 17.2 Å². The number of aryl methyl sites for hydroxylation is 2. The molecule has 0 aromatic carbocycles. The minimum Gasteiger partial charge on any atom is -0.357 e. The minimum absolute atomic E-state index is 0.703. The number of aliphatic imine (C=N–C) groups is 1. The number of aromatic nitrogens is 1. The van der Waals surface area contributed by atoms with E-state index >= 15 is 0 Å². The molecule has 0 aliphatic rings. The molecule has 0 spiro atoms. The van der Waals surface area contributed by atoms with Gasteiger partial charge in [0.2, 0.25) is 0 Å². The molecule has 0 aliphatic carbocycles. The molecule has 2 N–H and O–H groups in total. The average Bonchev–Trinajstić information content (AvgIpc) is 2.64. The standard InChI is InChI=1S/C14H26N4S/c1-6-15-14(16-8-7-10(2)3)17-9-13-11(4)18-12(5)19-13/h10H,6-9H2,1-5H3,(H2,15,16,17). The fraction of sp³-hybridized carbons (Fsp3) is 0.714. The summed E-state index contributed by atoms with van der Waals surface area (Å²) in [5, 5.41) is 7.76. The van der Waals surface area contributed by atoms with Crippen LogP contribution in [0.1, 0.15) is 42.8 Å². The van der Waals surface area contributed by atoms with E-state index < -0.39 is 0 Å². The Hall–Kier alpha value is -1.10. The zero-order valence-corrected chi connectivity index (χ0v) is 13.5. The van der Waals surface area contributed by atoms with Gasteiger partial charge in [-0.15, -0.1) is 11.3 Å². The number of thiazole rings is 1. The van der Waals surface area contributed by atoms with Gasteiger partial charge in [0.25, 0.3) is 0 Å². The second-order valence-corrected chi connectivity index (χ2v) is 6.33. The Morgan fingerprint density at radius 3 is 2.58 bits per heavy atom. The van der Waals surface area contributed by atoms with Gasteiger partial charge in [-0.3, -0.25) is 0 Å². The van der Waals surface area contributed by atoms with E-state index in [1.807, 2.05) is 13.8 Å². The molecule has 0 radical (unpaired) electrons. The molecule has 1 aromatic heterocycles. The van der Waals surface area contributed by atoms with Crippen LogP contribution in [0.25, 0.3) is 0 Å². The Kier molecular flexibility index (Phi) is 6.84. The number of nitrogens with zero attached hydrogens (tertiary/aromatic N) is 2. The maximum atomic E-state index is 4.62. The van der Waals surface area contributed by atoms with Crippen molar-refractivity contribution in [1.82, 2.24) is 15.6 Å². The molecule has 0 saturated carbocycles. The third kappa shape index (κ3) is 6.05. The number of rotatable bonds is 6. The second kappa shape index (κ2) is 8.15. The molecule has 0 amide bonds. The molecule has 0 fully saturated rings. The summed E-state index contributed by atoms with van der Waals surface area (Å²) < 4.78 is 0. The lowest BCUT2D eigenvalue weighted by Gasteiger charge is -2.12. The quantitative estimate of drug-likeness (QED) is 0.623. The van der Waals surface area contributed by atoms with Gasteiger partial charge in [0.15, 0.2) is 5.96 Å². The summed E-state index contributed by atoms with van der Waals surface area (Å²) in [6.07, 6.45) is 1.16. The van der Waals surface area contributed by atoms with Crippen LogP contribution in [0.3, 0.4) is 0 Å². The Balaban J connectivity index is 2.54. The first-order chi connectivity index (χ1) is 9.02. The van der Waals surface area contributed by atoms with Crippen LogP contribution in [0.5, 0.6) is 0 Å². The molecule has 19 heavy (non-hydrogen) atoms. The first-order valence-corrected chi connectivity index (χ1v) is 7.79. The van der Waals surface area contributed by atoms with Gasteiger partial charge in [-0.1, -0.05) is 13.8 Å². The summed E-state index contributed by atoms with van der Waals surface area (Å²) in [6, 6.07) is 0. The Morgan fingerprint density at radius 2 is 2.05 bits per heavy atom. The van der Waals surface area contributed by atoms with Crippen LogP contribution in [-0.2, 0) is 6.54 Å². The van der Waals surface area contributed by atoms with Crippen molar-refractivity contribution in [3.8, 4) is 0 Å². The van der Waals surface area contributed by atoms with Gasteiger partial charge < -0.3 is 10.6 Å². The van der Waals surface area contributed by atoms with Crippen molar-refractivity contribution in [3.63, 3.8) is 0 Å². The fourth-order valence-electron chi connectivity index (χ4n) is 1.69. The Labute approximate surface area is 120 Å². The average molecular weight is 282 g/mol. The lowest BCUT2D eigenvalue weighted by atomic mass is 10.1. The van der Waals surface area contributed by atoms with Gasteiger partial charge in [0, 0.05) is 18.0 Å². The van der Waals surface area contributed by atoms with Crippen molar-refractivity contribution < 1.29 is 0 Å². The molecule has 0 bridgehead atoms. The maximum Gasteiger partial charge on any atom is 0.191 e. The van der Waals surface area contributed by atoms with E-state index in [4.69, 9.17) is 0 Å². The molecule has 5 heteroatoms. The van der Waals surface area contributed by atoms with Crippen LogP contribution in [0, 0.1) is 19.8 Å². The Morgan fingerprint density at radius 1 is 1.32 bits per heavy atom. The van der Waals surface area contributed by atoms with Crippen LogP contribution in [0.15, 0.2) is 4.99 Å². The Bertz CT molecular complexity index is 410. The van der Waals surface area contributed by atoms with Crippen molar-refractivity contribution >= 4 is 17.3 Å². The van der Waals surface area contributed by atoms with E-state index in [9.17, 15) is 0 Å². The molecule has 0 aliphatic heterocycles. The molecule has 4 nitrogen and oxygen atoms in total. The highest BCUT2D eigenvalue weighted by Gasteiger charge is 2.04. The topological polar surface area (TPSA) is 49.3 Å². The lowest BCUT2D eigenvalue weighted by molar-refractivity contribution is 0.573. The van der Waals surface area contributed by atoms with E-state index in [0.717, 1.165) is 36.2 Å². The number of nitrogens with one attached hydrogen (secondary N) is 2. The van der Waals surface area contributed by atoms with Crippen LogP contribution in [0.4, 0.5) is 0 Å². The van der Waals surface area contributed by atoms with Gasteiger partial charge >= 0.3 is 0 Å². The SMILES string of the molecule is CCNC(=NCc1sc(C)nc1C)NCCC(C)C. The molecule has 0 unspecified atom stereocenters. The third-order valence-electron chi connectivity index (χ3n) is 2.74. The molecular formula is C14H26N4S. The number of guanidine groups is 1. The van der Waals surface area contributed by atoms with Crippen LogP contribution in [-0.4, -0.2) is 24.0 Å². The van der Waals surface area contributed by atoms with E-state index in [2.05, 4.69) is 41.4 Å². The van der Waals surface area contributed by atoms with Crippen molar-refractivity contribution in [2.75, 3.05) is 13.1 Å². The first-order valence-electron chi connectivity index (χ1n) is 6.98. The number of hydrogen-bond donors (Lipinski definition) is 2. The van der Waals surface area contributed by atoms with Gasteiger partial charge in [-0.25, -0.2) is 9.98 Å². The van der Waals surface area contributed by atoms with Gasteiger partial charge in [-0.2, -0.15) is 0 Å². The molecule has 108 valence electrons. The van der Waals surface area contributed by atoms with Crippen molar-refractivity contribution in [2.24, 2.45) is 10.9 Å². The van der Waals surface area contributed by atoms with Crippen molar-refractivity contribution in [2.45, 2.75) is 47.6 Å². The zero-order valence-electron chi connectivity index (χ0n) is 12.7. The monoisotopic (exact) mass is 282 g/mol. The summed E-state index contributed by atoms with van der Waals surface area (Å²) >= 11 is 1.73. The van der Waals surface area contributed by atoms with Gasteiger partial charge in [0.1, 0.15) is 0 Å². The van der Waals surface area contributed by atoms with Crippen LogP contribution >= 0.6 is 11.3 Å².